The topological polar surface area (TPSA) is 32.3 Å². The highest BCUT2D eigenvalue weighted by Gasteiger charge is 2.31. The number of carbonyl (C=O) groups is 1. The van der Waals surface area contributed by atoms with Crippen molar-refractivity contribution in [3.8, 4) is 0 Å². The van der Waals surface area contributed by atoms with Crippen LogP contribution in [0.2, 0.25) is 0 Å². The van der Waals surface area contributed by atoms with E-state index in [0.717, 1.165) is 13.0 Å². The standard InChI is InChI=1S/C13H26N2O/c1-5-12(10(3)4)14-9-13(16)15(6-2)11-7-8-11/h10-12,14H,5-9H2,1-4H3. The molecule has 1 unspecified atom stereocenters. The normalized spacial score (nSPS) is 17.6. The molecule has 0 aliphatic heterocycles. The van der Waals surface area contributed by atoms with Gasteiger partial charge in [-0.05, 0) is 32.1 Å². The summed E-state index contributed by atoms with van der Waals surface area (Å²) < 4.78 is 0. The van der Waals surface area contributed by atoms with Crippen LogP contribution in [-0.4, -0.2) is 36.0 Å². The fourth-order valence-electron chi connectivity index (χ4n) is 2.20. The van der Waals surface area contributed by atoms with Crippen molar-refractivity contribution in [1.82, 2.24) is 10.2 Å². The summed E-state index contributed by atoms with van der Waals surface area (Å²) in [7, 11) is 0. The van der Waals surface area contributed by atoms with Gasteiger partial charge in [0.25, 0.3) is 0 Å². The molecule has 1 atom stereocenters. The van der Waals surface area contributed by atoms with Crippen LogP contribution in [0.1, 0.15) is 47.0 Å². The third kappa shape index (κ3) is 3.78. The van der Waals surface area contributed by atoms with Crippen LogP contribution >= 0.6 is 0 Å². The van der Waals surface area contributed by atoms with Crippen molar-refractivity contribution in [1.29, 1.82) is 0 Å². The van der Waals surface area contributed by atoms with E-state index in [-0.39, 0.29) is 5.91 Å². The van der Waals surface area contributed by atoms with E-state index in [1.807, 2.05) is 4.90 Å². The van der Waals surface area contributed by atoms with E-state index >= 15 is 0 Å². The van der Waals surface area contributed by atoms with Crippen LogP contribution in [0.3, 0.4) is 0 Å². The molecule has 1 saturated carbocycles. The van der Waals surface area contributed by atoms with Crippen molar-refractivity contribution in [2.24, 2.45) is 5.92 Å². The number of likely N-dealkylation sites (N-methyl/N-ethyl adjacent to an activating group) is 1. The molecule has 94 valence electrons. The molecule has 0 heterocycles. The highest BCUT2D eigenvalue weighted by molar-refractivity contribution is 5.78. The smallest absolute Gasteiger partial charge is 0.236 e. The Kier molecular flexibility index (Phi) is 5.26. The van der Waals surface area contributed by atoms with Gasteiger partial charge in [0.2, 0.25) is 5.91 Å². The Morgan fingerprint density at radius 2 is 2.00 bits per heavy atom. The first kappa shape index (κ1) is 13.5. The largest absolute Gasteiger partial charge is 0.339 e. The molecule has 16 heavy (non-hydrogen) atoms. The van der Waals surface area contributed by atoms with Crippen LogP contribution in [0.5, 0.6) is 0 Å². The van der Waals surface area contributed by atoms with Gasteiger partial charge >= 0.3 is 0 Å². The van der Waals surface area contributed by atoms with E-state index in [1.54, 1.807) is 0 Å². The molecule has 1 aliphatic carbocycles. The monoisotopic (exact) mass is 226 g/mol. The minimum Gasteiger partial charge on any atom is -0.339 e. The minimum atomic E-state index is 0.268. The molecule has 1 aliphatic rings. The summed E-state index contributed by atoms with van der Waals surface area (Å²) in [5.74, 6) is 0.859. The third-order valence-corrected chi connectivity index (χ3v) is 3.41. The van der Waals surface area contributed by atoms with Crippen LogP contribution in [0.15, 0.2) is 0 Å². The maximum Gasteiger partial charge on any atom is 0.236 e. The van der Waals surface area contributed by atoms with Gasteiger partial charge < -0.3 is 10.2 Å². The third-order valence-electron chi connectivity index (χ3n) is 3.41. The zero-order chi connectivity index (χ0) is 12.1. The molecule has 1 amide bonds. The van der Waals surface area contributed by atoms with E-state index in [9.17, 15) is 4.79 Å². The van der Waals surface area contributed by atoms with Crippen molar-refractivity contribution in [3.05, 3.63) is 0 Å². The maximum atomic E-state index is 12.0. The molecule has 0 aromatic carbocycles. The van der Waals surface area contributed by atoms with Gasteiger partial charge in [-0.15, -0.1) is 0 Å². The van der Waals surface area contributed by atoms with Crippen molar-refractivity contribution in [3.63, 3.8) is 0 Å². The van der Waals surface area contributed by atoms with Crippen molar-refractivity contribution < 1.29 is 4.79 Å². The van der Waals surface area contributed by atoms with Gasteiger partial charge in [-0.2, -0.15) is 0 Å². The number of nitrogens with one attached hydrogen (secondary N) is 1. The van der Waals surface area contributed by atoms with Crippen molar-refractivity contribution in [2.75, 3.05) is 13.1 Å². The summed E-state index contributed by atoms with van der Waals surface area (Å²) in [4.78, 5) is 14.0. The highest BCUT2D eigenvalue weighted by atomic mass is 16.2. The van der Waals surface area contributed by atoms with Crippen LogP contribution in [0.25, 0.3) is 0 Å². The molecule has 1 fully saturated rings. The van der Waals surface area contributed by atoms with Gasteiger partial charge in [0.15, 0.2) is 0 Å². The predicted octanol–water partition coefficient (Wildman–Crippen LogP) is 2.02. The minimum absolute atomic E-state index is 0.268. The molecule has 3 nitrogen and oxygen atoms in total. The SMILES string of the molecule is CCC(NCC(=O)N(CC)C1CC1)C(C)C. The quantitative estimate of drug-likeness (QED) is 0.720. The van der Waals surface area contributed by atoms with Gasteiger partial charge in [-0.3, -0.25) is 4.79 Å². The van der Waals surface area contributed by atoms with Crippen LogP contribution < -0.4 is 5.32 Å². The fraction of sp³-hybridized carbons (Fsp3) is 0.923. The molecule has 1 rings (SSSR count). The summed E-state index contributed by atoms with van der Waals surface area (Å²) in [5.41, 5.74) is 0. The van der Waals surface area contributed by atoms with Gasteiger partial charge in [-0.25, -0.2) is 0 Å². The second-order valence-electron chi connectivity index (χ2n) is 5.05. The van der Waals surface area contributed by atoms with E-state index in [2.05, 4.69) is 33.0 Å². The molecule has 0 aromatic heterocycles. The predicted molar refractivity (Wildman–Crippen MR) is 67.3 cm³/mol. The average Bonchev–Trinajstić information content (AvgIpc) is 3.03. The van der Waals surface area contributed by atoms with E-state index < -0.39 is 0 Å². The van der Waals surface area contributed by atoms with Crippen molar-refractivity contribution in [2.45, 2.75) is 59.0 Å². The molecular formula is C13H26N2O. The van der Waals surface area contributed by atoms with Crippen molar-refractivity contribution >= 4 is 5.91 Å². The molecule has 0 radical (unpaired) electrons. The van der Waals surface area contributed by atoms with Crippen LogP contribution in [-0.2, 0) is 4.79 Å². The molecule has 0 bridgehead atoms. The molecule has 0 saturated heterocycles. The number of amides is 1. The van der Waals surface area contributed by atoms with Gasteiger partial charge in [0, 0.05) is 18.6 Å². The summed E-state index contributed by atoms with van der Waals surface area (Å²) >= 11 is 0. The number of hydrogen-bond donors (Lipinski definition) is 1. The summed E-state index contributed by atoms with van der Waals surface area (Å²) in [5, 5.41) is 3.37. The lowest BCUT2D eigenvalue weighted by Crippen LogP contribution is -2.44. The number of rotatable bonds is 7. The highest BCUT2D eigenvalue weighted by Crippen LogP contribution is 2.26. The molecule has 0 aromatic rings. The van der Waals surface area contributed by atoms with Crippen LogP contribution in [0, 0.1) is 5.92 Å². The number of hydrogen-bond acceptors (Lipinski definition) is 2. The van der Waals surface area contributed by atoms with E-state index in [0.29, 0.717) is 24.5 Å². The Morgan fingerprint density at radius 1 is 1.38 bits per heavy atom. The number of carbonyl (C=O) groups excluding carboxylic acids is 1. The Bertz CT molecular complexity index is 224. The first-order valence-electron chi connectivity index (χ1n) is 6.62. The second-order valence-corrected chi connectivity index (χ2v) is 5.05. The summed E-state index contributed by atoms with van der Waals surface area (Å²) in [6.07, 6.45) is 3.47. The lowest BCUT2D eigenvalue weighted by Gasteiger charge is -2.24. The Balaban J connectivity index is 2.32. The molecule has 0 spiro atoms. The lowest BCUT2D eigenvalue weighted by atomic mass is 10.0. The Hall–Kier alpha value is -0.570. The maximum absolute atomic E-state index is 12.0. The van der Waals surface area contributed by atoms with Crippen LogP contribution in [0.4, 0.5) is 0 Å². The molecule has 1 N–H and O–H groups in total. The Morgan fingerprint density at radius 3 is 2.38 bits per heavy atom. The number of nitrogens with zero attached hydrogens (tertiary/aromatic N) is 1. The first-order chi connectivity index (χ1) is 7.60. The van der Waals surface area contributed by atoms with E-state index in [1.165, 1.54) is 12.8 Å². The fourth-order valence-corrected chi connectivity index (χ4v) is 2.20. The van der Waals surface area contributed by atoms with E-state index in [4.69, 9.17) is 0 Å². The molecular weight excluding hydrogens is 200 g/mol. The lowest BCUT2D eigenvalue weighted by molar-refractivity contribution is -0.130. The average molecular weight is 226 g/mol. The van der Waals surface area contributed by atoms with Gasteiger partial charge in [0.1, 0.15) is 0 Å². The second kappa shape index (κ2) is 6.24. The van der Waals surface area contributed by atoms with Gasteiger partial charge in [-0.1, -0.05) is 20.8 Å². The Labute approximate surface area is 99.6 Å². The zero-order valence-corrected chi connectivity index (χ0v) is 11.1. The zero-order valence-electron chi connectivity index (χ0n) is 11.1. The summed E-state index contributed by atoms with van der Waals surface area (Å²) in [6, 6.07) is 1.00. The first-order valence-corrected chi connectivity index (χ1v) is 6.62. The molecule has 3 heteroatoms. The van der Waals surface area contributed by atoms with Gasteiger partial charge in [0.05, 0.1) is 6.54 Å². The summed E-state index contributed by atoms with van der Waals surface area (Å²) in [6.45, 7) is 9.98.